The Balaban J connectivity index is 2.13. The number of carbonyl (C=O) groups excluding carboxylic acids is 2. The van der Waals surface area contributed by atoms with Gasteiger partial charge < -0.3 is 5.11 Å². The van der Waals surface area contributed by atoms with Crippen LogP contribution in [0.5, 0.6) is 0 Å². The van der Waals surface area contributed by atoms with Crippen LogP contribution in [-0.2, 0) is 9.59 Å². The Labute approximate surface area is 133 Å². The van der Waals surface area contributed by atoms with Crippen molar-refractivity contribution in [2.24, 2.45) is 4.99 Å². The molecule has 2 amide bonds. The number of carbonyl (C=O) groups is 2. The first-order chi connectivity index (χ1) is 11.1. The first-order valence-electron chi connectivity index (χ1n) is 7.07. The lowest BCUT2D eigenvalue weighted by atomic mass is 10.1. The molecule has 1 fully saturated rings. The van der Waals surface area contributed by atoms with E-state index < -0.39 is 11.8 Å². The largest absolute Gasteiger partial charge is 0.512 e. The van der Waals surface area contributed by atoms with E-state index >= 15 is 0 Å². The van der Waals surface area contributed by atoms with E-state index in [1.54, 1.807) is 54.6 Å². The van der Waals surface area contributed by atoms with Crippen LogP contribution in [0, 0.1) is 0 Å². The van der Waals surface area contributed by atoms with Crippen LogP contribution >= 0.6 is 0 Å². The highest BCUT2D eigenvalue weighted by Gasteiger charge is 2.42. The van der Waals surface area contributed by atoms with Crippen molar-refractivity contribution in [3.05, 3.63) is 72.0 Å². The van der Waals surface area contributed by atoms with Gasteiger partial charge in [-0.15, -0.1) is 0 Å². The van der Waals surface area contributed by atoms with E-state index in [4.69, 9.17) is 0 Å². The van der Waals surface area contributed by atoms with Crippen molar-refractivity contribution in [3.8, 4) is 0 Å². The number of para-hydroxylation sites is 2. The van der Waals surface area contributed by atoms with E-state index in [1.807, 2.05) is 6.07 Å². The molecule has 5 nitrogen and oxygen atoms in total. The number of hydrogen-bond donors (Lipinski definition) is 1. The smallest absolute Gasteiger partial charge is 0.284 e. The predicted octanol–water partition coefficient (Wildman–Crippen LogP) is 3.16. The number of hydrogen-bond acceptors (Lipinski definition) is 4. The third kappa shape index (κ3) is 2.64. The van der Waals surface area contributed by atoms with E-state index in [-0.39, 0.29) is 17.0 Å². The summed E-state index contributed by atoms with van der Waals surface area (Å²) in [5.74, 6) is -1.35. The number of benzene rings is 2. The van der Waals surface area contributed by atoms with E-state index in [9.17, 15) is 14.7 Å². The van der Waals surface area contributed by atoms with Gasteiger partial charge in [-0.1, -0.05) is 36.4 Å². The zero-order valence-corrected chi connectivity index (χ0v) is 12.4. The summed E-state index contributed by atoms with van der Waals surface area (Å²) in [4.78, 5) is 30.5. The molecule has 0 aliphatic carbocycles. The maximum absolute atomic E-state index is 12.7. The van der Waals surface area contributed by atoms with Crippen molar-refractivity contribution in [2.45, 2.75) is 6.92 Å². The average Bonchev–Trinajstić information content (AvgIpc) is 2.80. The minimum absolute atomic E-state index is 0.0509. The third-order valence-electron chi connectivity index (χ3n) is 3.43. The number of rotatable bonds is 2. The van der Waals surface area contributed by atoms with Gasteiger partial charge in [0, 0.05) is 0 Å². The molecule has 2 aromatic carbocycles. The fourth-order valence-electron chi connectivity index (χ4n) is 2.39. The van der Waals surface area contributed by atoms with Gasteiger partial charge in [0.2, 0.25) is 0 Å². The molecular formula is C18H14N2O3. The van der Waals surface area contributed by atoms with E-state index in [1.165, 1.54) is 6.92 Å². The van der Waals surface area contributed by atoms with Crippen LogP contribution in [0.3, 0.4) is 0 Å². The number of nitrogens with zero attached hydrogens (tertiary/aromatic N) is 2. The number of aliphatic hydroxyl groups excluding tert-OH is 1. The molecule has 5 heteroatoms. The van der Waals surface area contributed by atoms with E-state index in [2.05, 4.69) is 4.99 Å². The summed E-state index contributed by atoms with van der Waals surface area (Å²) >= 11 is 0. The van der Waals surface area contributed by atoms with Crippen molar-refractivity contribution >= 4 is 28.9 Å². The number of allylic oxidation sites excluding steroid dienone is 1. The number of aliphatic hydroxyl groups is 1. The van der Waals surface area contributed by atoms with Crippen molar-refractivity contribution < 1.29 is 14.7 Å². The highest BCUT2D eigenvalue weighted by Crippen LogP contribution is 2.27. The van der Waals surface area contributed by atoms with Crippen molar-refractivity contribution in [1.82, 2.24) is 0 Å². The van der Waals surface area contributed by atoms with Crippen molar-refractivity contribution in [2.75, 3.05) is 4.90 Å². The molecule has 0 unspecified atom stereocenters. The molecule has 0 atom stereocenters. The highest BCUT2D eigenvalue weighted by atomic mass is 16.3. The lowest BCUT2D eigenvalue weighted by molar-refractivity contribution is -0.119. The molecule has 1 saturated heterocycles. The number of amides is 2. The molecule has 0 spiro atoms. The summed E-state index contributed by atoms with van der Waals surface area (Å²) < 4.78 is 0. The first kappa shape index (κ1) is 14.7. The van der Waals surface area contributed by atoms with Crippen LogP contribution in [-0.4, -0.2) is 22.6 Å². The lowest BCUT2D eigenvalue weighted by Crippen LogP contribution is -2.30. The second kappa shape index (κ2) is 5.88. The Morgan fingerprint density at radius 1 is 0.913 bits per heavy atom. The molecule has 1 N–H and O–H groups in total. The van der Waals surface area contributed by atoms with Gasteiger partial charge in [-0.25, -0.2) is 9.89 Å². The fraction of sp³-hybridized carbons (Fsp3) is 0.0556. The summed E-state index contributed by atoms with van der Waals surface area (Å²) in [6.07, 6.45) is 0. The van der Waals surface area contributed by atoms with Crippen LogP contribution < -0.4 is 4.90 Å². The molecule has 1 aliphatic heterocycles. The van der Waals surface area contributed by atoms with Gasteiger partial charge in [0.1, 0.15) is 17.0 Å². The van der Waals surface area contributed by atoms with E-state index in [0.29, 0.717) is 11.4 Å². The molecule has 2 aromatic rings. The SMILES string of the molecule is C/C(O)=C1/C(=O)N(c2ccccc2)C(=O)C1=Nc1ccccc1. The highest BCUT2D eigenvalue weighted by molar-refractivity contribution is 6.65. The average molecular weight is 306 g/mol. The molecule has 0 saturated carbocycles. The quantitative estimate of drug-likeness (QED) is 0.526. The van der Waals surface area contributed by atoms with Crippen LogP contribution in [0.25, 0.3) is 0 Å². The fourth-order valence-corrected chi connectivity index (χ4v) is 2.39. The lowest BCUT2D eigenvalue weighted by Gasteiger charge is -2.12. The molecule has 0 aromatic heterocycles. The summed E-state index contributed by atoms with van der Waals surface area (Å²) in [5, 5.41) is 9.85. The maximum Gasteiger partial charge on any atom is 0.284 e. The molecule has 23 heavy (non-hydrogen) atoms. The van der Waals surface area contributed by atoms with Crippen LogP contribution in [0.1, 0.15) is 6.92 Å². The molecule has 0 radical (unpaired) electrons. The number of anilines is 1. The van der Waals surface area contributed by atoms with Crippen LogP contribution in [0.15, 0.2) is 77.0 Å². The summed E-state index contributed by atoms with van der Waals surface area (Å²) in [6.45, 7) is 1.37. The molecular weight excluding hydrogens is 292 g/mol. The normalized spacial score (nSPS) is 18.7. The second-order valence-corrected chi connectivity index (χ2v) is 5.04. The topological polar surface area (TPSA) is 70.0 Å². The summed E-state index contributed by atoms with van der Waals surface area (Å²) in [5.41, 5.74) is 0.865. The number of aliphatic imine (C=N–C) groups is 1. The van der Waals surface area contributed by atoms with Crippen molar-refractivity contribution in [1.29, 1.82) is 0 Å². The molecule has 114 valence electrons. The van der Waals surface area contributed by atoms with Crippen molar-refractivity contribution in [3.63, 3.8) is 0 Å². The minimum Gasteiger partial charge on any atom is -0.512 e. The van der Waals surface area contributed by atoms with Gasteiger partial charge >= 0.3 is 0 Å². The Morgan fingerprint density at radius 2 is 1.48 bits per heavy atom. The Kier molecular flexibility index (Phi) is 3.76. The molecule has 3 rings (SSSR count). The van der Waals surface area contributed by atoms with Gasteiger partial charge in [0.05, 0.1) is 11.4 Å². The van der Waals surface area contributed by atoms with Crippen LogP contribution in [0.4, 0.5) is 11.4 Å². The first-order valence-corrected chi connectivity index (χ1v) is 7.07. The van der Waals surface area contributed by atoms with Gasteiger partial charge in [0.25, 0.3) is 11.8 Å². The predicted molar refractivity (Wildman–Crippen MR) is 87.8 cm³/mol. The maximum atomic E-state index is 12.7. The van der Waals surface area contributed by atoms with Gasteiger partial charge in [-0.3, -0.25) is 9.59 Å². The zero-order chi connectivity index (χ0) is 16.4. The van der Waals surface area contributed by atoms with Gasteiger partial charge in [-0.2, -0.15) is 0 Å². The Hall–Kier alpha value is -3.21. The Morgan fingerprint density at radius 3 is 2.04 bits per heavy atom. The summed E-state index contributed by atoms with van der Waals surface area (Å²) in [6, 6.07) is 17.4. The molecule has 1 aliphatic rings. The Bertz CT molecular complexity index is 820. The monoisotopic (exact) mass is 306 g/mol. The minimum atomic E-state index is -0.573. The van der Waals surface area contributed by atoms with Gasteiger partial charge in [0.15, 0.2) is 0 Å². The van der Waals surface area contributed by atoms with Gasteiger partial charge in [-0.05, 0) is 31.2 Å². The van der Waals surface area contributed by atoms with E-state index in [0.717, 1.165) is 4.90 Å². The third-order valence-corrected chi connectivity index (χ3v) is 3.43. The molecule has 0 bridgehead atoms. The summed E-state index contributed by atoms with van der Waals surface area (Å²) in [7, 11) is 0. The van der Waals surface area contributed by atoms with Crippen LogP contribution in [0.2, 0.25) is 0 Å². The standard InChI is InChI=1S/C18H14N2O3/c1-12(21)15-16(19-13-8-4-2-5-9-13)18(23)20(17(15)22)14-10-6-3-7-11-14/h2-11,21H,1H3/b15-12-,19-16?. The molecule has 1 heterocycles. The number of imide groups is 1. The second-order valence-electron chi connectivity index (χ2n) is 5.04. The zero-order valence-electron chi connectivity index (χ0n) is 12.4.